The third-order valence-corrected chi connectivity index (χ3v) is 6.97. The van der Waals surface area contributed by atoms with Crippen molar-refractivity contribution in [2.24, 2.45) is 5.92 Å². The second-order valence-electron chi connectivity index (χ2n) is 7.92. The molecular formula is C24H23F3O4S. The predicted molar refractivity (Wildman–Crippen MR) is 115 cm³/mol. The van der Waals surface area contributed by atoms with E-state index < -0.39 is 15.6 Å². The van der Waals surface area contributed by atoms with Gasteiger partial charge in [0.2, 0.25) is 0 Å². The molecule has 0 aromatic heterocycles. The lowest BCUT2D eigenvalue weighted by Gasteiger charge is -2.36. The van der Waals surface area contributed by atoms with Crippen LogP contribution in [-0.4, -0.2) is 21.0 Å². The average Bonchev–Trinajstić information content (AvgIpc) is 2.78. The van der Waals surface area contributed by atoms with Gasteiger partial charge in [0, 0.05) is 5.92 Å². The SMILES string of the molecule is COc1ccc2c(c1)CC[C@H](C1=CCCC=C1)C2c1ccc(OS(=O)(=O)C(F)(F)F)cc1. The summed E-state index contributed by atoms with van der Waals surface area (Å²) >= 11 is 0. The Kier molecular flexibility index (Phi) is 6.07. The van der Waals surface area contributed by atoms with Crippen molar-refractivity contribution in [1.82, 2.24) is 0 Å². The number of benzene rings is 2. The number of hydrogen-bond donors (Lipinski definition) is 0. The van der Waals surface area contributed by atoms with Gasteiger partial charge in [-0.05, 0) is 78.1 Å². The normalized spacial score (nSPS) is 20.9. The topological polar surface area (TPSA) is 52.6 Å². The van der Waals surface area contributed by atoms with Gasteiger partial charge in [0.1, 0.15) is 11.5 Å². The van der Waals surface area contributed by atoms with Gasteiger partial charge in [0.05, 0.1) is 7.11 Å². The van der Waals surface area contributed by atoms with Crippen LogP contribution in [0.15, 0.2) is 66.3 Å². The summed E-state index contributed by atoms with van der Waals surface area (Å²) in [6.07, 6.45) is 10.4. The zero-order chi connectivity index (χ0) is 22.9. The molecule has 0 N–H and O–H groups in total. The Bertz CT molecular complexity index is 1150. The van der Waals surface area contributed by atoms with E-state index in [-0.39, 0.29) is 17.6 Å². The number of alkyl halides is 3. The standard InChI is InChI=1S/C24H23F3O4S/c1-30-20-12-14-22-18(15-20)9-13-21(16-5-3-2-4-6-16)23(22)17-7-10-19(11-8-17)31-32(28,29)24(25,26)27/h3,5-8,10-12,14-15,21,23H,2,4,9,13H2,1H3/t21-,23?/m1/s1. The molecule has 0 fully saturated rings. The monoisotopic (exact) mass is 464 g/mol. The second-order valence-corrected chi connectivity index (χ2v) is 9.46. The highest BCUT2D eigenvalue weighted by atomic mass is 32.2. The fourth-order valence-electron chi connectivity index (χ4n) is 4.51. The summed E-state index contributed by atoms with van der Waals surface area (Å²) in [5.74, 6) is 0.592. The van der Waals surface area contributed by atoms with Crippen LogP contribution in [0.4, 0.5) is 13.2 Å². The number of fused-ring (bicyclic) bond motifs is 1. The molecule has 170 valence electrons. The van der Waals surface area contributed by atoms with E-state index in [9.17, 15) is 21.6 Å². The van der Waals surface area contributed by atoms with Crippen molar-refractivity contribution in [2.45, 2.75) is 37.1 Å². The summed E-state index contributed by atoms with van der Waals surface area (Å²) in [4.78, 5) is 0. The molecule has 0 heterocycles. The van der Waals surface area contributed by atoms with Crippen molar-refractivity contribution in [3.05, 3.63) is 83.0 Å². The minimum Gasteiger partial charge on any atom is -0.497 e. The number of aryl methyl sites for hydroxylation is 1. The molecule has 2 atom stereocenters. The first-order chi connectivity index (χ1) is 15.2. The lowest BCUT2D eigenvalue weighted by atomic mass is 9.68. The molecule has 2 aromatic carbocycles. The summed E-state index contributed by atoms with van der Waals surface area (Å²) in [5.41, 5.74) is -1.03. The molecule has 0 saturated heterocycles. The molecule has 0 amide bonds. The number of rotatable bonds is 5. The predicted octanol–water partition coefficient (Wildman–Crippen LogP) is 5.89. The summed E-state index contributed by atoms with van der Waals surface area (Å²) in [7, 11) is -4.08. The molecular weight excluding hydrogens is 441 g/mol. The molecule has 0 saturated carbocycles. The maximum Gasteiger partial charge on any atom is 0.534 e. The maximum absolute atomic E-state index is 12.6. The molecule has 4 rings (SSSR count). The van der Waals surface area contributed by atoms with Gasteiger partial charge < -0.3 is 8.92 Å². The molecule has 8 heteroatoms. The first-order valence-corrected chi connectivity index (χ1v) is 11.7. The van der Waals surface area contributed by atoms with Gasteiger partial charge in [-0.3, -0.25) is 0 Å². The number of allylic oxidation sites excluding steroid dienone is 4. The van der Waals surface area contributed by atoms with E-state index in [1.165, 1.54) is 23.3 Å². The highest BCUT2D eigenvalue weighted by molar-refractivity contribution is 7.88. The fraction of sp³-hybridized carbons (Fsp3) is 0.333. The van der Waals surface area contributed by atoms with Gasteiger partial charge in [-0.2, -0.15) is 21.6 Å². The Balaban J connectivity index is 1.71. The van der Waals surface area contributed by atoms with E-state index in [4.69, 9.17) is 4.74 Å². The largest absolute Gasteiger partial charge is 0.534 e. The van der Waals surface area contributed by atoms with E-state index >= 15 is 0 Å². The molecule has 0 radical (unpaired) electrons. The zero-order valence-electron chi connectivity index (χ0n) is 17.4. The Hall–Kier alpha value is -2.74. The van der Waals surface area contributed by atoms with Crippen LogP contribution < -0.4 is 8.92 Å². The lowest BCUT2D eigenvalue weighted by Crippen LogP contribution is -2.28. The third-order valence-electron chi connectivity index (χ3n) is 5.99. The van der Waals surface area contributed by atoms with Crippen LogP contribution >= 0.6 is 0 Å². The molecule has 2 aliphatic carbocycles. The molecule has 32 heavy (non-hydrogen) atoms. The van der Waals surface area contributed by atoms with Crippen LogP contribution in [0.5, 0.6) is 11.5 Å². The quantitative estimate of drug-likeness (QED) is 0.409. The van der Waals surface area contributed by atoms with Crippen molar-refractivity contribution < 1.29 is 30.5 Å². The van der Waals surface area contributed by atoms with E-state index in [0.717, 1.165) is 42.6 Å². The molecule has 0 bridgehead atoms. The van der Waals surface area contributed by atoms with Crippen LogP contribution in [-0.2, 0) is 16.5 Å². The van der Waals surface area contributed by atoms with Gasteiger partial charge in [0.25, 0.3) is 0 Å². The summed E-state index contributed by atoms with van der Waals surface area (Å²) < 4.78 is 70.2. The van der Waals surface area contributed by atoms with Gasteiger partial charge in [-0.25, -0.2) is 0 Å². The zero-order valence-corrected chi connectivity index (χ0v) is 18.2. The molecule has 4 nitrogen and oxygen atoms in total. The minimum atomic E-state index is -5.70. The third kappa shape index (κ3) is 4.41. The lowest BCUT2D eigenvalue weighted by molar-refractivity contribution is -0.0500. The first kappa shape index (κ1) is 22.5. The van der Waals surface area contributed by atoms with Crippen molar-refractivity contribution >= 4 is 10.1 Å². The smallest absolute Gasteiger partial charge is 0.497 e. The molecule has 1 unspecified atom stereocenters. The molecule has 0 aliphatic heterocycles. The second kappa shape index (κ2) is 8.65. The number of methoxy groups -OCH3 is 1. The fourth-order valence-corrected chi connectivity index (χ4v) is 4.97. The number of ether oxygens (including phenoxy) is 1. The van der Waals surface area contributed by atoms with Gasteiger partial charge in [-0.15, -0.1) is 0 Å². The van der Waals surface area contributed by atoms with Crippen LogP contribution in [0.1, 0.15) is 41.9 Å². The van der Waals surface area contributed by atoms with Crippen LogP contribution in [0.25, 0.3) is 0 Å². The Morgan fingerprint density at radius 1 is 1.00 bits per heavy atom. The van der Waals surface area contributed by atoms with Crippen molar-refractivity contribution in [2.75, 3.05) is 7.11 Å². The van der Waals surface area contributed by atoms with E-state index in [0.29, 0.717) is 0 Å². The molecule has 2 aliphatic rings. The van der Waals surface area contributed by atoms with E-state index in [1.54, 1.807) is 19.2 Å². The van der Waals surface area contributed by atoms with Crippen molar-refractivity contribution in [1.29, 1.82) is 0 Å². The highest BCUT2D eigenvalue weighted by Crippen LogP contribution is 2.46. The van der Waals surface area contributed by atoms with E-state index in [2.05, 4.69) is 22.4 Å². The first-order valence-electron chi connectivity index (χ1n) is 10.3. The molecule has 0 spiro atoms. The summed E-state index contributed by atoms with van der Waals surface area (Å²) in [5, 5.41) is 0. The van der Waals surface area contributed by atoms with Crippen LogP contribution in [0.2, 0.25) is 0 Å². The van der Waals surface area contributed by atoms with Crippen molar-refractivity contribution in [3.8, 4) is 11.5 Å². The Labute approximate surface area is 185 Å². The average molecular weight is 465 g/mol. The van der Waals surface area contributed by atoms with E-state index in [1.807, 2.05) is 18.2 Å². The summed E-state index contributed by atoms with van der Waals surface area (Å²) in [6, 6.07) is 11.8. The van der Waals surface area contributed by atoms with Gasteiger partial charge in [-0.1, -0.05) is 36.4 Å². The van der Waals surface area contributed by atoms with Gasteiger partial charge >= 0.3 is 15.6 Å². The number of halogens is 3. The van der Waals surface area contributed by atoms with Crippen LogP contribution in [0, 0.1) is 5.92 Å². The Morgan fingerprint density at radius 3 is 2.34 bits per heavy atom. The van der Waals surface area contributed by atoms with Gasteiger partial charge in [0.15, 0.2) is 0 Å². The summed E-state index contributed by atoms with van der Waals surface area (Å²) in [6.45, 7) is 0. The van der Waals surface area contributed by atoms with Crippen LogP contribution in [0.3, 0.4) is 0 Å². The highest BCUT2D eigenvalue weighted by Gasteiger charge is 2.48. The minimum absolute atomic E-state index is 0.0214. The molecule has 2 aromatic rings. The Morgan fingerprint density at radius 2 is 1.72 bits per heavy atom. The number of hydrogen-bond acceptors (Lipinski definition) is 4. The van der Waals surface area contributed by atoms with Crippen molar-refractivity contribution in [3.63, 3.8) is 0 Å². The maximum atomic E-state index is 12.6.